The molecular weight excluding hydrogens is 272 g/mol. The summed E-state index contributed by atoms with van der Waals surface area (Å²) < 4.78 is 5.26. The molecule has 3 heterocycles. The van der Waals surface area contributed by atoms with Crippen LogP contribution < -0.4 is 5.32 Å². The van der Waals surface area contributed by atoms with E-state index in [0.29, 0.717) is 10.9 Å². The highest BCUT2D eigenvalue weighted by molar-refractivity contribution is 7.13. The van der Waals surface area contributed by atoms with Crippen LogP contribution in [0.4, 0.5) is 5.13 Å². The van der Waals surface area contributed by atoms with Crippen molar-refractivity contribution >= 4 is 33.7 Å². The monoisotopic (exact) mass is 278 g/mol. The molecule has 0 radical (unpaired) electrons. The van der Waals surface area contributed by atoms with E-state index in [9.17, 15) is 4.79 Å². The molecule has 0 aliphatic heterocycles. The Morgan fingerprint density at radius 3 is 3.06 bits per heavy atom. The summed E-state index contributed by atoms with van der Waals surface area (Å²) in [7, 11) is 0. The molecule has 0 unspecified atom stereocenters. The summed E-state index contributed by atoms with van der Waals surface area (Å²) in [6.45, 7) is 0. The Morgan fingerprint density at radius 1 is 1.39 bits per heavy atom. The Balaban J connectivity index is 1.89. The molecule has 0 fully saturated rings. The average molecular weight is 278 g/mol. The number of thiophene rings is 1. The standard InChI is InChI=1S/C10H6N4O2S2/c15-9(13-10-14-12-5-18-10)7-8(16-4-11-7)6-2-1-3-17-6/h1-5H,(H,13,14,15). The van der Waals surface area contributed by atoms with Crippen LogP contribution in [0.5, 0.6) is 0 Å². The van der Waals surface area contributed by atoms with Crippen LogP contribution in [0.15, 0.2) is 33.8 Å². The molecule has 3 aromatic rings. The first-order chi connectivity index (χ1) is 8.84. The second-order valence-electron chi connectivity index (χ2n) is 3.21. The normalized spacial score (nSPS) is 10.4. The van der Waals surface area contributed by atoms with Gasteiger partial charge in [0, 0.05) is 0 Å². The van der Waals surface area contributed by atoms with E-state index in [2.05, 4.69) is 20.5 Å². The van der Waals surface area contributed by atoms with Gasteiger partial charge in [-0.15, -0.1) is 21.5 Å². The zero-order valence-corrected chi connectivity index (χ0v) is 10.5. The van der Waals surface area contributed by atoms with Crippen molar-refractivity contribution in [3.05, 3.63) is 35.1 Å². The van der Waals surface area contributed by atoms with Crippen LogP contribution in [0.1, 0.15) is 10.5 Å². The van der Waals surface area contributed by atoms with Crippen molar-refractivity contribution in [1.29, 1.82) is 0 Å². The molecule has 1 amide bonds. The van der Waals surface area contributed by atoms with Gasteiger partial charge in [0.1, 0.15) is 5.51 Å². The fraction of sp³-hybridized carbons (Fsp3) is 0. The highest BCUT2D eigenvalue weighted by atomic mass is 32.1. The van der Waals surface area contributed by atoms with Crippen LogP contribution in [-0.4, -0.2) is 21.1 Å². The lowest BCUT2D eigenvalue weighted by Gasteiger charge is -1.98. The molecule has 0 aliphatic rings. The van der Waals surface area contributed by atoms with Gasteiger partial charge >= 0.3 is 0 Å². The largest absolute Gasteiger partial charge is 0.442 e. The van der Waals surface area contributed by atoms with Gasteiger partial charge in [-0.2, -0.15) is 0 Å². The molecule has 8 heteroatoms. The van der Waals surface area contributed by atoms with Crippen molar-refractivity contribution in [2.24, 2.45) is 0 Å². The van der Waals surface area contributed by atoms with Crippen LogP contribution in [0.3, 0.4) is 0 Å². The summed E-state index contributed by atoms with van der Waals surface area (Å²) in [5, 5.41) is 12.3. The fourth-order valence-corrected chi connectivity index (χ4v) is 2.53. The molecule has 0 aromatic carbocycles. The van der Waals surface area contributed by atoms with Gasteiger partial charge in [-0.25, -0.2) is 4.98 Å². The van der Waals surface area contributed by atoms with Gasteiger partial charge in [0.25, 0.3) is 5.91 Å². The maximum absolute atomic E-state index is 12.0. The Labute approximate surface area is 109 Å². The van der Waals surface area contributed by atoms with Crippen molar-refractivity contribution in [1.82, 2.24) is 15.2 Å². The maximum Gasteiger partial charge on any atom is 0.280 e. The number of aromatic nitrogens is 3. The molecule has 0 atom stereocenters. The van der Waals surface area contributed by atoms with E-state index in [1.807, 2.05) is 17.5 Å². The van der Waals surface area contributed by atoms with E-state index >= 15 is 0 Å². The Morgan fingerprint density at radius 2 is 2.33 bits per heavy atom. The minimum absolute atomic E-state index is 0.243. The number of amides is 1. The summed E-state index contributed by atoms with van der Waals surface area (Å²) in [6, 6.07) is 3.75. The third-order valence-corrected chi connectivity index (χ3v) is 3.58. The predicted molar refractivity (Wildman–Crippen MR) is 67.7 cm³/mol. The van der Waals surface area contributed by atoms with Crippen LogP contribution in [0.2, 0.25) is 0 Å². The van der Waals surface area contributed by atoms with Crippen molar-refractivity contribution in [2.45, 2.75) is 0 Å². The van der Waals surface area contributed by atoms with Crippen LogP contribution in [0, 0.1) is 0 Å². The third-order valence-electron chi connectivity index (χ3n) is 2.11. The minimum Gasteiger partial charge on any atom is -0.442 e. The quantitative estimate of drug-likeness (QED) is 0.796. The van der Waals surface area contributed by atoms with Gasteiger partial charge in [0.15, 0.2) is 17.8 Å². The number of nitrogens with one attached hydrogen (secondary N) is 1. The van der Waals surface area contributed by atoms with Crippen molar-refractivity contribution in [3.63, 3.8) is 0 Å². The summed E-state index contributed by atoms with van der Waals surface area (Å²) in [5.41, 5.74) is 1.78. The lowest BCUT2D eigenvalue weighted by Crippen LogP contribution is -2.13. The summed E-state index contributed by atoms with van der Waals surface area (Å²) in [4.78, 5) is 16.8. The van der Waals surface area contributed by atoms with E-state index in [1.54, 1.807) is 5.51 Å². The molecule has 0 spiro atoms. The van der Waals surface area contributed by atoms with Crippen LogP contribution in [0.25, 0.3) is 10.6 Å². The zero-order chi connectivity index (χ0) is 12.4. The molecule has 3 rings (SSSR count). The molecule has 0 saturated carbocycles. The van der Waals surface area contributed by atoms with Crippen molar-refractivity contribution in [2.75, 3.05) is 5.32 Å². The molecule has 6 nitrogen and oxygen atoms in total. The van der Waals surface area contributed by atoms with Crippen LogP contribution in [-0.2, 0) is 0 Å². The molecule has 0 aliphatic carbocycles. The van der Waals surface area contributed by atoms with E-state index in [1.165, 1.54) is 29.1 Å². The number of hydrogen-bond donors (Lipinski definition) is 1. The molecule has 0 bridgehead atoms. The Hall–Kier alpha value is -2.06. The molecule has 1 N–H and O–H groups in total. The summed E-state index contributed by atoms with van der Waals surface area (Å²) in [6.07, 6.45) is 1.25. The minimum atomic E-state index is -0.357. The summed E-state index contributed by atoms with van der Waals surface area (Å²) >= 11 is 2.72. The second kappa shape index (κ2) is 4.67. The van der Waals surface area contributed by atoms with Gasteiger partial charge in [-0.3, -0.25) is 10.1 Å². The fourth-order valence-electron chi connectivity index (χ4n) is 1.37. The van der Waals surface area contributed by atoms with Gasteiger partial charge in [0.05, 0.1) is 4.88 Å². The summed E-state index contributed by atoms with van der Waals surface area (Å²) in [5.74, 6) is 0.107. The van der Waals surface area contributed by atoms with Gasteiger partial charge in [0.2, 0.25) is 5.13 Å². The average Bonchev–Trinajstić information content (AvgIpc) is 3.11. The van der Waals surface area contributed by atoms with E-state index in [-0.39, 0.29) is 11.6 Å². The lowest BCUT2D eigenvalue weighted by atomic mass is 10.3. The highest BCUT2D eigenvalue weighted by Crippen LogP contribution is 2.28. The molecule has 0 saturated heterocycles. The smallest absolute Gasteiger partial charge is 0.280 e. The van der Waals surface area contributed by atoms with Gasteiger partial charge in [-0.05, 0) is 11.4 Å². The molecular formula is C10H6N4O2S2. The Bertz CT molecular complexity index is 645. The lowest BCUT2D eigenvalue weighted by molar-refractivity contribution is 0.102. The number of oxazole rings is 1. The SMILES string of the molecule is O=C(Nc1nncs1)c1ncoc1-c1cccs1. The topological polar surface area (TPSA) is 80.9 Å². The van der Waals surface area contributed by atoms with E-state index in [4.69, 9.17) is 4.42 Å². The van der Waals surface area contributed by atoms with Crippen molar-refractivity contribution < 1.29 is 9.21 Å². The number of anilines is 1. The first-order valence-electron chi connectivity index (χ1n) is 4.89. The maximum atomic E-state index is 12.0. The van der Waals surface area contributed by atoms with Crippen molar-refractivity contribution in [3.8, 4) is 10.6 Å². The zero-order valence-electron chi connectivity index (χ0n) is 8.86. The Kier molecular flexibility index (Phi) is 2.87. The van der Waals surface area contributed by atoms with Gasteiger partial charge < -0.3 is 4.42 Å². The van der Waals surface area contributed by atoms with Crippen LogP contribution >= 0.6 is 22.7 Å². The number of rotatable bonds is 3. The second-order valence-corrected chi connectivity index (χ2v) is 4.99. The number of carbonyl (C=O) groups excluding carboxylic acids is 1. The number of carbonyl (C=O) groups is 1. The first kappa shape index (κ1) is 11.1. The molecule has 18 heavy (non-hydrogen) atoms. The first-order valence-corrected chi connectivity index (χ1v) is 6.65. The van der Waals surface area contributed by atoms with E-state index < -0.39 is 0 Å². The van der Waals surface area contributed by atoms with E-state index in [0.717, 1.165) is 4.88 Å². The number of nitrogens with zero attached hydrogens (tertiary/aromatic N) is 3. The van der Waals surface area contributed by atoms with Gasteiger partial charge in [-0.1, -0.05) is 17.4 Å². The highest BCUT2D eigenvalue weighted by Gasteiger charge is 2.19. The molecule has 3 aromatic heterocycles. The molecule has 90 valence electrons. The predicted octanol–water partition coefficient (Wildman–Crippen LogP) is 2.51. The third kappa shape index (κ3) is 2.03. The number of hydrogen-bond acceptors (Lipinski definition) is 7.